The van der Waals surface area contributed by atoms with Gasteiger partial charge in [-0.05, 0) is 33.4 Å². The van der Waals surface area contributed by atoms with Crippen LogP contribution in [0, 0.1) is 0 Å². The molecule has 0 heterocycles. The number of rotatable bonds is 3. The highest BCUT2D eigenvalue weighted by Gasteiger charge is 2.40. The molecule has 0 spiro atoms. The third-order valence-electron chi connectivity index (χ3n) is 3.14. The molecule has 1 rings (SSSR count). The highest BCUT2D eigenvalue weighted by atomic mass is 16.2. The number of carbonyl (C=O) groups is 1. The van der Waals surface area contributed by atoms with E-state index in [-0.39, 0.29) is 11.6 Å². The van der Waals surface area contributed by atoms with E-state index in [2.05, 4.69) is 19.0 Å². The molecular formula is C9H19N3O. The van der Waals surface area contributed by atoms with E-state index in [4.69, 9.17) is 5.73 Å². The molecule has 2 N–H and O–H groups in total. The summed E-state index contributed by atoms with van der Waals surface area (Å²) >= 11 is 0. The van der Waals surface area contributed by atoms with E-state index in [1.54, 1.807) is 11.9 Å². The average Bonchev–Trinajstić information content (AvgIpc) is 1.95. The van der Waals surface area contributed by atoms with Crippen LogP contribution >= 0.6 is 0 Å². The monoisotopic (exact) mass is 185 g/mol. The molecule has 4 nitrogen and oxygen atoms in total. The molecule has 1 fully saturated rings. The summed E-state index contributed by atoms with van der Waals surface area (Å²) in [5.41, 5.74) is 5.37. The summed E-state index contributed by atoms with van der Waals surface area (Å²) in [5, 5.41) is 0. The Bertz CT molecular complexity index is 199. The van der Waals surface area contributed by atoms with Crippen LogP contribution in [0.1, 0.15) is 19.3 Å². The molecule has 4 heteroatoms. The van der Waals surface area contributed by atoms with Crippen molar-refractivity contribution in [1.29, 1.82) is 0 Å². The van der Waals surface area contributed by atoms with Crippen molar-refractivity contribution in [2.24, 2.45) is 5.73 Å². The molecule has 0 saturated heterocycles. The van der Waals surface area contributed by atoms with Crippen molar-refractivity contribution < 1.29 is 4.79 Å². The highest BCUT2D eigenvalue weighted by molar-refractivity contribution is 5.71. The first-order valence-electron chi connectivity index (χ1n) is 4.66. The number of carbonyl (C=O) groups excluding carboxylic acids is 1. The number of nitrogens with zero attached hydrogens (tertiary/aromatic N) is 2. The normalized spacial score (nSPS) is 19.7. The summed E-state index contributed by atoms with van der Waals surface area (Å²) in [6, 6.07) is -0.340. The van der Waals surface area contributed by atoms with E-state index in [9.17, 15) is 4.79 Å². The minimum atomic E-state index is -0.340. The van der Waals surface area contributed by atoms with E-state index in [0.717, 1.165) is 19.4 Å². The molecule has 0 atom stereocenters. The Morgan fingerprint density at radius 2 is 1.92 bits per heavy atom. The average molecular weight is 185 g/mol. The molecule has 13 heavy (non-hydrogen) atoms. The van der Waals surface area contributed by atoms with Gasteiger partial charge in [0, 0.05) is 19.1 Å². The minimum Gasteiger partial charge on any atom is -0.351 e. The highest BCUT2D eigenvalue weighted by Crippen LogP contribution is 2.36. The number of hydrogen-bond donors (Lipinski definition) is 1. The number of primary amides is 1. The summed E-state index contributed by atoms with van der Waals surface area (Å²) in [7, 11) is 5.88. The zero-order valence-electron chi connectivity index (χ0n) is 8.71. The van der Waals surface area contributed by atoms with Crippen LogP contribution in [0.25, 0.3) is 0 Å². The van der Waals surface area contributed by atoms with Gasteiger partial charge in [0.25, 0.3) is 0 Å². The summed E-state index contributed by atoms with van der Waals surface area (Å²) < 4.78 is 0. The first-order chi connectivity index (χ1) is 5.98. The Balaban J connectivity index is 2.54. The number of likely N-dealkylation sites (N-methyl/N-ethyl adjacent to an activating group) is 2. The summed E-state index contributed by atoms with van der Waals surface area (Å²) in [4.78, 5) is 14.7. The SMILES string of the molecule is CN(CC1(N(C)C)CCC1)C(N)=O. The molecule has 0 radical (unpaired) electrons. The maximum absolute atomic E-state index is 10.9. The molecule has 76 valence electrons. The molecule has 1 saturated carbocycles. The molecule has 2 amide bonds. The lowest BCUT2D eigenvalue weighted by Crippen LogP contribution is -2.58. The zero-order valence-corrected chi connectivity index (χ0v) is 8.71. The lowest BCUT2D eigenvalue weighted by Gasteiger charge is -2.48. The van der Waals surface area contributed by atoms with Gasteiger partial charge in [-0.15, -0.1) is 0 Å². The summed E-state index contributed by atoms with van der Waals surface area (Å²) in [5.74, 6) is 0. The van der Waals surface area contributed by atoms with Crippen molar-refractivity contribution in [3.63, 3.8) is 0 Å². The van der Waals surface area contributed by atoms with Gasteiger partial charge < -0.3 is 15.5 Å². The van der Waals surface area contributed by atoms with Crippen molar-refractivity contribution in [2.45, 2.75) is 24.8 Å². The van der Waals surface area contributed by atoms with Crippen molar-refractivity contribution in [3.8, 4) is 0 Å². The van der Waals surface area contributed by atoms with Gasteiger partial charge in [0.1, 0.15) is 0 Å². The Labute approximate surface area is 79.7 Å². The Kier molecular flexibility index (Phi) is 2.81. The maximum atomic E-state index is 10.9. The molecule has 1 aliphatic carbocycles. The fourth-order valence-electron chi connectivity index (χ4n) is 1.85. The fraction of sp³-hybridized carbons (Fsp3) is 0.889. The number of hydrogen-bond acceptors (Lipinski definition) is 2. The standard InChI is InChI=1S/C9H19N3O/c1-11(2)9(5-4-6-9)7-12(3)8(10)13/h4-7H2,1-3H3,(H2,10,13). The third kappa shape index (κ3) is 1.94. The van der Waals surface area contributed by atoms with Gasteiger partial charge in [-0.25, -0.2) is 4.79 Å². The molecule has 0 unspecified atom stereocenters. The maximum Gasteiger partial charge on any atom is 0.314 e. The van der Waals surface area contributed by atoms with Crippen LogP contribution in [0.4, 0.5) is 4.79 Å². The van der Waals surface area contributed by atoms with Crippen molar-refractivity contribution in [1.82, 2.24) is 9.80 Å². The second kappa shape index (κ2) is 3.54. The molecule has 0 aromatic rings. The lowest BCUT2D eigenvalue weighted by molar-refractivity contribution is 0.0374. The second-order valence-electron chi connectivity index (χ2n) is 4.17. The van der Waals surface area contributed by atoms with E-state index < -0.39 is 0 Å². The van der Waals surface area contributed by atoms with Gasteiger partial charge in [0.2, 0.25) is 0 Å². The molecular weight excluding hydrogens is 166 g/mol. The van der Waals surface area contributed by atoms with E-state index in [1.807, 2.05) is 0 Å². The van der Waals surface area contributed by atoms with Crippen molar-refractivity contribution >= 4 is 6.03 Å². The van der Waals surface area contributed by atoms with Gasteiger partial charge in [-0.2, -0.15) is 0 Å². The largest absolute Gasteiger partial charge is 0.351 e. The molecule has 0 aromatic heterocycles. The molecule has 0 bridgehead atoms. The quantitative estimate of drug-likeness (QED) is 0.695. The van der Waals surface area contributed by atoms with Crippen LogP contribution in [0.5, 0.6) is 0 Å². The lowest BCUT2D eigenvalue weighted by atomic mass is 9.75. The fourth-order valence-corrected chi connectivity index (χ4v) is 1.85. The number of nitrogens with two attached hydrogens (primary N) is 1. The molecule has 1 aliphatic rings. The minimum absolute atomic E-state index is 0.184. The van der Waals surface area contributed by atoms with Gasteiger partial charge >= 0.3 is 6.03 Å². The van der Waals surface area contributed by atoms with Gasteiger partial charge in [-0.3, -0.25) is 0 Å². The zero-order chi connectivity index (χ0) is 10.1. The van der Waals surface area contributed by atoms with Crippen LogP contribution in [-0.4, -0.2) is 49.1 Å². The second-order valence-corrected chi connectivity index (χ2v) is 4.17. The third-order valence-corrected chi connectivity index (χ3v) is 3.14. The van der Waals surface area contributed by atoms with Gasteiger partial charge in [-0.1, -0.05) is 0 Å². The Morgan fingerprint density at radius 1 is 1.38 bits per heavy atom. The van der Waals surface area contributed by atoms with Gasteiger partial charge in [0.15, 0.2) is 0 Å². The predicted octanol–water partition coefficient (Wildman–Crippen LogP) is 0.481. The van der Waals surface area contributed by atoms with E-state index >= 15 is 0 Å². The van der Waals surface area contributed by atoms with Gasteiger partial charge in [0.05, 0.1) is 0 Å². The molecule has 0 aromatic carbocycles. The first kappa shape index (κ1) is 10.3. The Hall–Kier alpha value is -0.770. The smallest absolute Gasteiger partial charge is 0.314 e. The summed E-state index contributed by atoms with van der Waals surface area (Å²) in [6.45, 7) is 0.745. The number of urea groups is 1. The van der Waals surface area contributed by atoms with Crippen LogP contribution in [0.3, 0.4) is 0 Å². The number of amides is 2. The van der Waals surface area contributed by atoms with Crippen molar-refractivity contribution in [2.75, 3.05) is 27.7 Å². The topological polar surface area (TPSA) is 49.6 Å². The molecule has 0 aliphatic heterocycles. The van der Waals surface area contributed by atoms with E-state index in [1.165, 1.54) is 6.42 Å². The van der Waals surface area contributed by atoms with Crippen LogP contribution in [0.2, 0.25) is 0 Å². The van der Waals surface area contributed by atoms with Crippen LogP contribution in [-0.2, 0) is 0 Å². The van der Waals surface area contributed by atoms with Crippen LogP contribution < -0.4 is 5.73 Å². The van der Waals surface area contributed by atoms with Crippen molar-refractivity contribution in [3.05, 3.63) is 0 Å². The van der Waals surface area contributed by atoms with E-state index in [0.29, 0.717) is 0 Å². The summed E-state index contributed by atoms with van der Waals surface area (Å²) in [6.07, 6.45) is 3.58. The Morgan fingerprint density at radius 3 is 2.15 bits per heavy atom. The predicted molar refractivity (Wildman–Crippen MR) is 52.5 cm³/mol. The van der Waals surface area contributed by atoms with Crippen LogP contribution in [0.15, 0.2) is 0 Å². The first-order valence-corrected chi connectivity index (χ1v) is 4.66.